The Morgan fingerprint density at radius 1 is 1.38 bits per heavy atom. The van der Waals surface area contributed by atoms with Gasteiger partial charge in [-0.05, 0) is 26.7 Å². The van der Waals surface area contributed by atoms with Crippen molar-refractivity contribution in [1.29, 1.82) is 5.26 Å². The molecule has 1 saturated heterocycles. The highest BCUT2D eigenvalue weighted by molar-refractivity contribution is 5.65. The molecule has 1 fully saturated rings. The van der Waals surface area contributed by atoms with Crippen LogP contribution in [0.5, 0.6) is 0 Å². The lowest BCUT2D eigenvalue weighted by Crippen LogP contribution is -2.19. The Bertz CT molecular complexity index is 420. The number of hydrogen-bond donors (Lipinski definition) is 1. The first kappa shape index (κ1) is 10.8. The molecule has 1 aromatic rings. The lowest BCUT2D eigenvalue weighted by molar-refractivity contribution is 0.539. The summed E-state index contributed by atoms with van der Waals surface area (Å²) in [6.07, 6.45) is 2.33. The monoisotopic (exact) mass is 219 g/mol. The number of nitrogen functional groups attached to an aromatic ring is 1. The second-order valence-electron chi connectivity index (χ2n) is 4.43. The van der Waals surface area contributed by atoms with E-state index in [0.717, 1.165) is 18.9 Å². The zero-order chi connectivity index (χ0) is 11.7. The smallest absolute Gasteiger partial charge is 0.170 e. The zero-order valence-electron chi connectivity index (χ0n) is 9.77. The van der Waals surface area contributed by atoms with E-state index in [9.17, 15) is 0 Å². The van der Waals surface area contributed by atoms with Gasteiger partial charge in [-0.25, -0.2) is 4.68 Å². The summed E-state index contributed by atoms with van der Waals surface area (Å²) < 4.78 is 1.73. The van der Waals surface area contributed by atoms with Gasteiger partial charge in [0.1, 0.15) is 17.5 Å². The van der Waals surface area contributed by atoms with Crippen LogP contribution < -0.4 is 10.6 Å². The number of nitrogens with zero attached hydrogens (tertiary/aromatic N) is 4. The van der Waals surface area contributed by atoms with Crippen LogP contribution >= 0.6 is 0 Å². The van der Waals surface area contributed by atoms with Crippen molar-refractivity contribution < 1.29 is 0 Å². The van der Waals surface area contributed by atoms with E-state index in [0.29, 0.717) is 11.4 Å². The Labute approximate surface area is 95.4 Å². The molecule has 2 heterocycles. The summed E-state index contributed by atoms with van der Waals surface area (Å²) in [5.41, 5.74) is 6.46. The second kappa shape index (κ2) is 4.05. The molecule has 0 bridgehead atoms. The first-order valence-electron chi connectivity index (χ1n) is 5.68. The molecule has 5 heteroatoms. The van der Waals surface area contributed by atoms with Crippen molar-refractivity contribution in [3.63, 3.8) is 0 Å². The summed E-state index contributed by atoms with van der Waals surface area (Å²) in [6.45, 7) is 5.98. The summed E-state index contributed by atoms with van der Waals surface area (Å²) in [6, 6.07) is 2.35. The maximum Gasteiger partial charge on any atom is 0.170 e. The van der Waals surface area contributed by atoms with Crippen molar-refractivity contribution >= 4 is 11.6 Å². The van der Waals surface area contributed by atoms with Gasteiger partial charge in [-0.1, -0.05) is 0 Å². The van der Waals surface area contributed by atoms with Gasteiger partial charge >= 0.3 is 0 Å². The highest BCUT2D eigenvalue weighted by atomic mass is 15.4. The van der Waals surface area contributed by atoms with Crippen molar-refractivity contribution in [3.05, 3.63) is 5.56 Å². The maximum absolute atomic E-state index is 9.14. The van der Waals surface area contributed by atoms with Gasteiger partial charge in [-0.3, -0.25) is 0 Å². The van der Waals surface area contributed by atoms with E-state index in [2.05, 4.69) is 16.1 Å². The summed E-state index contributed by atoms with van der Waals surface area (Å²) in [7, 11) is 0. The third-order valence-electron chi connectivity index (χ3n) is 2.94. The van der Waals surface area contributed by atoms with Gasteiger partial charge in [0.15, 0.2) is 5.82 Å². The van der Waals surface area contributed by atoms with E-state index in [4.69, 9.17) is 11.0 Å². The average molecular weight is 219 g/mol. The Morgan fingerprint density at radius 3 is 2.50 bits per heavy atom. The summed E-state index contributed by atoms with van der Waals surface area (Å²) in [5, 5.41) is 13.6. The fraction of sp³-hybridized carbons (Fsp3) is 0.636. The number of aromatic nitrogens is 2. The fourth-order valence-electron chi connectivity index (χ4n) is 2.09. The van der Waals surface area contributed by atoms with Crippen LogP contribution in [0.2, 0.25) is 0 Å². The first-order chi connectivity index (χ1) is 7.65. The molecular formula is C11H17N5. The maximum atomic E-state index is 9.14. The van der Waals surface area contributed by atoms with Crippen LogP contribution in [0.3, 0.4) is 0 Å². The molecule has 0 aromatic carbocycles. The van der Waals surface area contributed by atoms with E-state index >= 15 is 0 Å². The summed E-state index contributed by atoms with van der Waals surface area (Å²) >= 11 is 0. The minimum atomic E-state index is 0.184. The van der Waals surface area contributed by atoms with Crippen LogP contribution in [0.25, 0.3) is 0 Å². The number of hydrogen-bond acceptors (Lipinski definition) is 4. The van der Waals surface area contributed by atoms with E-state index in [1.807, 2.05) is 13.8 Å². The van der Waals surface area contributed by atoms with Gasteiger partial charge in [-0.15, -0.1) is 0 Å². The molecule has 0 unspecified atom stereocenters. The van der Waals surface area contributed by atoms with E-state index < -0.39 is 0 Å². The normalized spacial score (nSPS) is 15.8. The van der Waals surface area contributed by atoms with Gasteiger partial charge in [-0.2, -0.15) is 10.4 Å². The molecule has 2 rings (SSSR count). The zero-order valence-corrected chi connectivity index (χ0v) is 9.77. The largest absolute Gasteiger partial charge is 0.383 e. The van der Waals surface area contributed by atoms with Crippen molar-refractivity contribution in [2.75, 3.05) is 23.7 Å². The van der Waals surface area contributed by atoms with Crippen LogP contribution in [-0.4, -0.2) is 22.9 Å². The fourth-order valence-corrected chi connectivity index (χ4v) is 2.09. The molecule has 86 valence electrons. The molecule has 0 atom stereocenters. The predicted octanol–water partition coefficient (Wildman–Crippen LogP) is 1.52. The predicted molar refractivity (Wildman–Crippen MR) is 63.2 cm³/mol. The van der Waals surface area contributed by atoms with Gasteiger partial charge < -0.3 is 10.6 Å². The third-order valence-corrected chi connectivity index (χ3v) is 2.94. The molecule has 16 heavy (non-hydrogen) atoms. The van der Waals surface area contributed by atoms with E-state index in [1.54, 1.807) is 4.68 Å². The molecule has 0 spiro atoms. The Kier molecular flexibility index (Phi) is 2.73. The molecule has 2 N–H and O–H groups in total. The molecule has 0 radical (unpaired) electrons. The van der Waals surface area contributed by atoms with Gasteiger partial charge in [0.05, 0.1) is 0 Å². The van der Waals surface area contributed by atoms with Crippen molar-refractivity contribution in [2.45, 2.75) is 32.7 Å². The quantitative estimate of drug-likeness (QED) is 0.818. The van der Waals surface area contributed by atoms with Crippen molar-refractivity contribution in [2.24, 2.45) is 0 Å². The minimum absolute atomic E-state index is 0.184. The molecule has 0 aliphatic carbocycles. The van der Waals surface area contributed by atoms with Gasteiger partial charge in [0.25, 0.3) is 0 Å². The van der Waals surface area contributed by atoms with Crippen LogP contribution in [0.1, 0.15) is 38.3 Å². The standard InChI is InChI=1S/C11H17N5/c1-8(2)16-10(13)9(7-12)11(14-16)15-5-3-4-6-15/h8H,3-6,13H2,1-2H3. The SMILES string of the molecule is CC(C)n1nc(N2CCCC2)c(C#N)c1N. The van der Waals surface area contributed by atoms with Crippen molar-refractivity contribution in [1.82, 2.24) is 9.78 Å². The van der Waals surface area contributed by atoms with Crippen LogP contribution in [0.15, 0.2) is 0 Å². The summed E-state index contributed by atoms with van der Waals surface area (Å²) in [4.78, 5) is 2.15. The van der Waals surface area contributed by atoms with Crippen LogP contribution in [-0.2, 0) is 0 Å². The third kappa shape index (κ3) is 1.60. The molecule has 0 saturated carbocycles. The van der Waals surface area contributed by atoms with Gasteiger partial charge in [0.2, 0.25) is 0 Å². The Balaban J connectivity index is 2.44. The number of nitriles is 1. The molecule has 5 nitrogen and oxygen atoms in total. The molecule has 1 aliphatic heterocycles. The number of anilines is 2. The molecule has 1 aliphatic rings. The van der Waals surface area contributed by atoms with E-state index in [-0.39, 0.29) is 6.04 Å². The molecule has 0 amide bonds. The number of rotatable bonds is 2. The second-order valence-corrected chi connectivity index (χ2v) is 4.43. The van der Waals surface area contributed by atoms with Gasteiger partial charge in [0, 0.05) is 19.1 Å². The van der Waals surface area contributed by atoms with E-state index in [1.165, 1.54) is 12.8 Å². The average Bonchev–Trinajstić information content (AvgIpc) is 2.83. The Morgan fingerprint density at radius 2 is 2.00 bits per heavy atom. The first-order valence-corrected chi connectivity index (χ1v) is 5.68. The Hall–Kier alpha value is -1.70. The minimum Gasteiger partial charge on any atom is -0.383 e. The lowest BCUT2D eigenvalue weighted by Gasteiger charge is -2.14. The van der Waals surface area contributed by atoms with Crippen LogP contribution in [0, 0.1) is 11.3 Å². The van der Waals surface area contributed by atoms with Crippen molar-refractivity contribution in [3.8, 4) is 6.07 Å². The topological polar surface area (TPSA) is 70.9 Å². The highest BCUT2D eigenvalue weighted by Gasteiger charge is 2.23. The highest BCUT2D eigenvalue weighted by Crippen LogP contribution is 2.28. The molecular weight excluding hydrogens is 202 g/mol. The molecule has 1 aromatic heterocycles. The van der Waals surface area contributed by atoms with Crippen LogP contribution in [0.4, 0.5) is 11.6 Å². The summed E-state index contributed by atoms with van der Waals surface area (Å²) in [5.74, 6) is 1.24. The lowest BCUT2D eigenvalue weighted by atomic mass is 10.3. The number of nitrogens with two attached hydrogens (primary N) is 1.